The Balaban J connectivity index is 1.83. The van der Waals surface area contributed by atoms with Gasteiger partial charge in [-0.25, -0.2) is 14.0 Å². The number of carbonyl (C=O) groups is 2. The van der Waals surface area contributed by atoms with Crippen molar-refractivity contribution in [2.45, 2.75) is 19.0 Å². The third-order valence-electron chi connectivity index (χ3n) is 5.00. The Bertz CT molecular complexity index is 1120. The zero-order valence-corrected chi connectivity index (χ0v) is 16.5. The van der Waals surface area contributed by atoms with Gasteiger partial charge in [0.15, 0.2) is 6.04 Å². The quantitative estimate of drug-likeness (QED) is 0.566. The fourth-order valence-corrected chi connectivity index (χ4v) is 4.17. The number of hydroxylamine groups is 2. The van der Waals surface area contributed by atoms with Gasteiger partial charge in [0, 0.05) is 0 Å². The molecule has 2 aliphatic rings. The van der Waals surface area contributed by atoms with Crippen LogP contribution in [0.25, 0.3) is 11.1 Å². The summed E-state index contributed by atoms with van der Waals surface area (Å²) in [4.78, 5) is 26.5. The van der Waals surface area contributed by atoms with Crippen molar-refractivity contribution in [3.63, 3.8) is 0 Å². The molecule has 11 heteroatoms. The summed E-state index contributed by atoms with van der Waals surface area (Å²) < 4.78 is 54.5. The van der Waals surface area contributed by atoms with Gasteiger partial charge in [-0.1, -0.05) is 24.3 Å². The average Bonchev–Trinajstić information content (AvgIpc) is 2.94. The van der Waals surface area contributed by atoms with Crippen LogP contribution in [0.5, 0.6) is 0 Å². The number of halogens is 1. The van der Waals surface area contributed by atoms with Crippen LogP contribution in [0.1, 0.15) is 30.1 Å². The molecule has 2 amide bonds. The van der Waals surface area contributed by atoms with Crippen LogP contribution in [0.15, 0.2) is 42.5 Å². The van der Waals surface area contributed by atoms with Gasteiger partial charge in [0.25, 0.3) is 0 Å². The van der Waals surface area contributed by atoms with E-state index in [9.17, 15) is 22.4 Å². The highest BCUT2D eigenvalue weighted by Gasteiger charge is 2.52. The second kappa shape index (κ2) is 7.35. The van der Waals surface area contributed by atoms with E-state index in [4.69, 9.17) is 9.29 Å². The van der Waals surface area contributed by atoms with Crippen molar-refractivity contribution in [1.82, 2.24) is 9.96 Å². The van der Waals surface area contributed by atoms with E-state index in [0.29, 0.717) is 27.3 Å². The zero-order valence-electron chi connectivity index (χ0n) is 15.7. The molecule has 4 rings (SSSR count). The van der Waals surface area contributed by atoms with E-state index in [1.165, 1.54) is 12.1 Å². The molecule has 2 aromatic carbocycles. The average molecular weight is 436 g/mol. The first-order chi connectivity index (χ1) is 14.2. The third-order valence-corrected chi connectivity index (χ3v) is 5.35. The summed E-state index contributed by atoms with van der Waals surface area (Å²) in [7, 11) is -4.98. The summed E-state index contributed by atoms with van der Waals surface area (Å²) in [5.41, 5.74) is 2.25. The largest absolute Gasteiger partial charge is 0.464 e. The summed E-state index contributed by atoms with van der Waals surface area (Å²) in [6.45, 7) is 1.67. The monoisotopic (exact) mass is 436 g/mol. The number of fused-ring (bicyclic) bond motifs is 4. The molecule has 0 radical (unpaired) electrons. The fraction of sp³-hybridized carbons (Fsp3) is 0.263. The first-order valence-corrected chi connectivity index (χ1v) is 10.4. The molecular weight excluding hydrogens is 419 g/mol. The smallest absolute Gasteiger partial charge is 0.418 e. The molecule has 1 N–H and O–H groups in total. The molecule has 1 saturated heterocycles. The van der Waals surface area contributed by atoms with Crippen LogP contribution in [-0.2, 0) is 24.2 Å². The Kier molecular flexibility index (Phi) is 4.96. The zero-order chi connectivity index (χ0) is 21.6. The third kappa shape index (κ3) is 3.51. The van der Waals surface area contributed by atoms with E-state index in [1.54, 1.807) is 37.3 Å². The first-order valence-electron chi connectivity index (χ1n) is 9.03. The van der Waals surface area contributed by atoms with Crippen LogP contribution in [0.2, 0.25) is 0 Å². The van der Waals surface area contributed by atoms with Gasteiger partial charge in [0.2, 0.25) is 0 Å². The van der Waals surface area contributed by atoms with Crippen LogP contribution in [0.4, 0.5) is 9.18 Å². The van der Waals surface area contributed by atoms with Gasteiger partial charge in [-0.15, -0.1) is 4.28 Å². The number of ether oxygens (including phenoxy) is 1. The number of carbonyl (C=O) groups excluding carboxylic acids is 2. The molecule has 2 aliphatic heterocycles. The standard InChI is InChI=1S/C19H17FN2O7S/c1-2-28-18(23)17-14-8-5-12(11-3-6-13(20)7-4-11)9-15(14)16-10-21(17)19(24)22(16)29-30(25,26)27/h3-9,16-17H,2,10H2,1H3,(H,25,26,27)/t16-,17?/m1/s1. The lowest BCUT2D eigenvalue weighted by molar-refractivity contribution is -0.148. The molecule has 0 aliphatic carbocycles. The highest BCUT2D eigenvalue weighted by molar-refractivity contribution is 7.80. The predicted molar refractivity (Wildman–Crippen MR) is 101 cm³/mol. The van der Waals surface area contributed by atoms with Gasteiger partial charge >= 0.3 is 22.4 Å². The normalized spacial score (nSPS) is 20.3. The highest BCUT2D eigenvalue weighted by atomic mass is 32.3. The van der Waals surface area contributed by atoms with Crippen molar-refractivity contribution >= 4 is 22.4 Å². The van der Waals surface area contributed by atoms with Crippen molar-refractivity contribution in [2.75, 3.05) is 13.2 Å². The molecule has 1 unspecified atom stereocenters. The van der Waals surface area contributed by atoms with E-state index >= 15 is 0 Å². The molecule has 0 aromatic heterocycles. The van der Waals surface area contributed by atoms with Crippen LogP contribution >= 0.6 is 0 Å². The minimum absolute atomic E-state index is 0.0439. The Morgan fingerprint density at radius 2 is 1.83 bits per heavy atom. The number of hydrogen-bond donors (Lipinski definition) is 1. The SMILES string of the molecule is CCOC(=O)C1c2ccc(-c3ccc(F)cc3)cc2[C@H]2CN1C(=O)N2OS(=O)(=O)O. The lowest BCUT2D eigenvalue weighted by Gasteiger charge is -2.31. The van der Waals surface area contributed by atoms with E-state index in [-0.39, 0.29) is 13.2 Å². The van der Waals surface area contributed by atoms with Gasteiger partial charge < -0.3 is 9.64 Å². The summed E-state index contributed by atoms with van der Waals surface area (Å²) in [6.07, 6.45) is 0. The van der Waals surface area contributed by atoms with Gasteiger partial charge in [-0.05, 0) is 47.4 Å². The minimum Gasteiger partial charge on any atom is -0.464 e. The van der Waals surface area contributed by atoms with Crippen molar-refractivity contribution < 1.29 is 36.0 Å². The summed E-state index contributed by atoms with van der Waals surface area (Å²) in [5, 5.41) is 0.530. The summed E-state index contributed by atoms with van der Waals surface area (Å²) in [5.74, 6) is -1.07. The maximum atomic E-state index is 13.3. The molecule has 2 bridgehead atoms. The summed E-state index contributed by atoms with van der Waals surface area (Å²) in [6, 6.07) is 7.88. The number of urea groups is 1. The van der Waals surface area contributed by atoms with Gasteiger partial charge in [0.05, 0.1) is 13.2 Å². The minimum atomic E-state index is -4.98. The van der Waals surface area contributed by atoms with Crippen LogP contribution in [-0.4, -0.2) is 48.1 Å². The lowest BCUT2D eigenvalue weighted by atomic mass is 9.88. The van der Waals surface area contributed by atoms with Crippen molar-refractivity contribution in [2.24, 2.45) is 0 Å². The van der Waals surface area contributed by atoms with Gasteiger partial charge in [0.1, 0.15) is 11.9 Å². The number of rotatable bonds is 5. The molecule has 2 aromatic rings. The Hall–Kier alpha value is -3.02. The molecule has 0 spiro atoms. The number of amides is 2. The molecule has 2 atom stereocenters. The van der Waals surface area contributed by atoms with Crippen LogP contribution < -0.4 is 0 Å². The molecular formula is C19H17FN2O7S. The van der Waals surface area contributed by atoms with Crippen molar-refractivity contribution in [1.29, 1.82) is 0 Å². The molecule has 1 fully saturated rings. The molecule has 158 valence electrons. The summed E-state index contributed by atoms with van der Waals surface area (Å²) >= 11 is 0. The van der Waals surface area contributed by atoms with E-state index in [0.717, 1.165) is 4.90 Å². The van der Waals surface area contributed by atoms with E-state index in [2.05, 4.69) is 4.28 Å². The number of nitrogens with zero attached hydrogens (tertiary/aromatic N) is 2. The second-order valence-electron chi connectivity index (χ2n) is 6.78. The highest BCUT2D eigenvalue weighted by Crippen LogP contribution is 2.45. The maximum absolute atomic E-state index is 13.3. The topological polar surface area (TPSA) is 113 Å². The van der Waals surface area contributed by atoms with Crippen molar-refractivity contribution in [3.05, 3.63) is 59.4 Å². The van der Waals surface area contributed by atoms with Crippen LogP contribution in [0.3, 0.4) is 0 Å². The lowest BCUT2D eigenvalue weighted by Crippen LogP contribution is -2.39. The second-order valence-corrected chi connectivity index (χ2v) is 7.79. The Labute approximate surface area is 171 Å². The molecule has 0 saturated carbocycles. The van der Waals surface area contributed by atoms with E-state index < -0.39 is 40.3 Å². The first kappa shape index (κ1) is 20.3. The molecule has 30 heavy (non-hydrogen) atoms. The molecule has 9 nitrogen and oxygen atoms in total. The Morgan fingerprint density at radius 3 is 2.47 bits per heavy atom. The predicted octanol–water partition coefficient (Wildman–Crippen LogP) is 2.62. The van der Waals surface area contributed by atoms with E-state index in [1.807, 2.05) is 0 Å². The number of benzene rings is 2. The van der Waals surface area contributed by atoms with Crippen molar-refractivity contribution in [3.8, 4) is 11.1 Å². The maximum Gasteiger partial charge on any atom is 0.418 e. The Morgan fingerprint density at radius 1 is 1.17 bits per heavy atom. The van der Waals surface area contributed by atoms with Gasteiger partial charge in [-0.2, -0.15) is 13.5 Å². The fourth-order valence-electron chi connectivity index (χ4n) is 3.80. The van der Waals surface area contributed by atoms with Gasteiger partial charge in [-0.3, -0.25) is 4.55 Å². The number of esters is 1. The molecule has 2 heterocycles. The van der Waals surface area contributed by atoms with Crippen LogP contribution in [0, 0.1) is 5.82 Å². The number of hydrogen-bond acceptors (Lipinski definition) is 6.